The molecular formula is C129H167ClN14O6. The molecule has 13 heterocycles. The number of fused-ring (bicyclic) bond motifs is 8. The number of halogens is 1. The van der Waals surface area contributed by atoms with Crippen molar-refractivity contribution in [2.75, 3.05) is 103 Å². The number of nitrogens with zero attached hydrogens (tertiary/aromatic N) is 12. The molecule has 1 saturated carbocycles. The summed E-state index contributed by atoms with van der Waals surface area (Å²) in [6.45, 7) is 28.4. The number of hydrogen-bond acceptors (Lipinski definition) is 18. The summed E-state index contributed by atoms with van der Waals surface area (Å²) >= 11 is 5.85. The average Bonchev–Trinajstić information content (AvgIpc) is 0.619. The Morgan fingerprint density at radius 3 is 1.07 bits per heavy atom. The van der Waals surface area contributed by atoms with Gasteiger partial charge in [-0.3, -0.25) is 29.9 Å². The lowest BCUT2D eigenvalue weighted by atomic mass is 9.85. The maximum absolute atomic E-state index is 12.2. The number of pyridine rings is 7. The van der Waals surface area contributed by atoms with E-state index in [1.807, 2.05) is 156 Å². The molecule has 0 bridgehead atoms. The highest BCUT2D eigenvalue weighted by Gasteiger charge is 2.32. The summed E-state index contributed by atoms with van der Waals surface area (Å²) in [6.07, 6.45) is 36.4. The van der Waals surface area contributed by atoms with E-state index in [1.54, 1.807) is 17.2 Å². The Balaban J connectivity index is 0.000000180. The molecule has 22 rings (SSSR count). The van der Waals surface area contributed by atoms with Crippen molar-refractivity contribution in [3.63, 3.8) is 0 Å². The number of aromatic nitrogens is 7. The van der Waals surface area contributed by atoms with E-state index in [0.29, 0.717) is 53.4 Å². The maximum atomic E-state index is 12.2. The van der Waals surface area contributed by atoms with Gasteiger partial charge >= 0.3 is 17.8 Å². The summed E-state index contributed by atoms with van der Waals surface area (Å²) in [7, 11) is 0. The largest absolute Gasteiger partial charge is 0.444 e. The number of carbonyl (C=O) groups is 2. The van der Waals surface area contributed by atoms with Crippen LogP contribution in [0.2, 0.25) is 5.15 Å². The standard InChI is InChI=1S/C26H27N3O2.C19H24N2O2.C19H22N2O2.C18H24N2.C17H23N3.C15H17N.C9H6ClN.6CH4/c30-25-18-23(22-8-3-4-9-24(22)31-25)27-13-5-15-29-16-11-20(12-17-29)26-21-7-2-1-6-19(21)10-14-28-26;2*1-19(2,3)23-18(22)21-12-9-15(10-13-21)17-16-7-5-4-6-14(16)8-11-20-17;1-2-3-12-20-13-9-16(10-14-20)18-17-7-5-4-6-15(17)8-11-19-18;18-9-3-11-20-12-7-15(8-13-20)17-16-5-2-1-4-14(16)6-10-19-17;1-2-7-13(8-3-1)15-14-9-5-4-6-12(14)10-11-16-15;10-9-8-4-2-1-3-7(8)5-6-11-9;;;;;;/h1-4,6-10,14,18,20,27H,5,11-13,15-17H2;4-8,11,15H,9-10,12-13H2,1-3H3;4-9,11H,10,12-13H2,1-3H3;4-8,11,16H,2-3,9-10,12-14H2,1H3;1-2,4-6,10,15H,3,7-9,11-13,18H2;4-6,9-11,13H,1-3,7-8H2;1-6H;6*1H4. The van der Waals surface area contributed by atoms with Crippen molar-refractivity contribution in [1.29, 1.82) is 0 Å². The highest BCUT2D eigenvalue weighted by atomic mass is 35.5. The van der Waals surface area contributed by atoms with Crippen LogP contribution in [0, 0.1) is 0 Å². The van der Waals surface area contributed by atoms with Crippen LogP contribution in [0.4, 0.5) is 15.3 Å². The molecule has 0 unspecified atom stereocenters. The summed E-state index contributed by atoms with van der Waals surface area (Å²) in [5.41, 5.74) is 14.4. The molecule has 21 heteroatoms. The zero-order chi connectivity index (χ0) is 100.0. The molecule has 0 atom stereocenters. The molecule has 796 valence electrons. The number of rotatable bonds is 17. The molecule has 3 N–H and O–H groups in total. The van der Waals surface area contributed by atoms with Crippen molar-refractivity contribution in [2.45, 2.75) is 249 Å². The molecule has 0 spiro atoms. The lowest BCUT2D eigenvalue weighted by Crippen LogP contribution is -2.41. The van der Waals surface area contributed by atoms with Crippen LogP contribution in [-0.4, -0.2) is 181 Å². The molecule has 5 aliphatic heterocycles. The van der Waals surface area contributed by atoms with Gasteiger partial charge < -0.3 is 49.4 Å². The minimum Gasteiger partial charge on any atom is -0.444 e. The number of benzene rings is 8. The van der Waals surface area contributed by atoms with E-state index in [9.17, 15) is 14.4 Å². The molecule has 4 saturated heterocycles. The van der Waals surface area contributed by atoms with Crippen LogP contribution in [0.5, 0.6) is 0 Å². The van der Waals surface area contributed by atoms with Crippen LogP contribution in [0.3, 0.4) is 0 Å². The fourth-order valence-electron chi connectivity index (χ4n) is 21.0. The zero-order valence-corrected chi connectivity index (χ0v) is 86.0. The number of hydrogen-bond donors (Lipinski definition) is 2. The van der Waals surface area contributed by atoms with Gasteiger partial charge in [-0.15, -0.1) is 0 Å². The number of piperidine rings is 4. The van der Waals surface area contributed by atoms with E-state index in [0.717, 1.165) is 136 Å². The van der Waals surface area contributed by atoms with E-state index in [4.69, 9.17) is 41.2 Å². The van der Waals surface area contributed by atoms with E-state index in [2.05, 4.69) is 222 Å². The van der Waals surface area contributed by atoms with E-state index < -0.39 is 11.2 Å². The topological polar surface area (TPSA) is 227 Å². The number of anilines is 1. The first-order chi connectivity index (χ1) is 70.2. The molecular weight excluding hydrogens is 1880 g/mol. The summed E-state index contributed by atoms with van der Waals surface area (Å²) in [5, 5.41) is 22.5. The fourth-order valence-corrected chi connectivity index (χ4v) is 21.2. The molecule has 20 nitrogen and oxygen atoms in total. The number of unbranched alkanes of at least 4 members (excludes halogenated alkanes) is 1. The molecule has 6 aliphatic rings. The van der Waals surface area contributed by atoms with Gasteiger partial charge in [0.05, 0.1) is 39.9 Å². The average molecular weight is 2050 g/mol. The summed E-state index contributed by atoms with van der Waals surface area (Å²) in [5.74, 6) is 2.88. The second-order valence-electron chi connectivity index (χ2n) is 40.9. The number of ether oxygens (including phenoxy) is 2. The second-order valence-corrected chi connectivity index (χ2v) is 41.2. The third-order valence-electron chi connectivity index (χ3n) is 28.6. The monoisotopic (exact) mass is 2040 g/mol. The van der Waals surface area contributed by atoms with Crippen LogP contribution in [0.15, 0.2) is 301 Å². The smallest absolute Gasteiger partial charge is 0.410 e. The molecule has 1 aliphatic carbocycles. The Bertz CT molecular complexity index is 6830. The molecule has 2 amide bonds. The Morgan fingerprint density at radius 2 is 0.693 bits per heavy atom. The van der Waals surface area contributed by atoms with Crippen molar-refractivity contribution < 1.29 is 23.5 Å². The number of para-hydroxylation sites is 1. The van der Waals surface area contributed by atoms with Gasteiger partial charge in [-0.05, 0) is 295 Å². The quantitative estimate of drug-likeness (QED) is 0.0491. The minimum atomic E-state index is -0.460. The van der Waals surface area contributed by atoms with E-state index in [1.165, 1.54) is 191 Å². The number of carbonyl (C=O) groups excluding carboxylic acids is 2. The molecule has 8 aromatic carbocycles. The van der Waals surface area contributed by atoms with Crippen LogP contribution in [0.1, 0.15) is 272 Å². The first-order valence-corrected chi connectivity index (χ1v) is 52.9. The van der Waals surface area contributed by atoms with E-state index in [-0.39, 0.29) is 62.4 Å². The summed E-state index contributed by atoms with van der Waals surface area (Å²) in [4.78, 5) is 79.2. The van der Waals surface area contributed by atoms with Gasteiger partial charge in [0.25, 0.3) is 0 Å². The van der Waals surface area contributed by atoms with Gasteiger partial charge in [0.1, 0.15) is 21.9 Å². The van der Waals surface area contributed by atoms with Gasteiger partial charge in [0, 0.05) is 155 Å². The second kappa shape index (κ2) is 59.0. The van der Waals surface area contributed by atoms with Gasteiger partial charge in [0.2, 0.25) is 0 Å². The van der Waals surface area contributed by atoms with Crippen molar-refractivity contribution >= 4 is 121 Å². The highest BCUT2D eigenvalue weighted by Crippen LogP contribution is 2.40. The van der Waals surface area contributed by atoms with Crippen LogP contribution >= 0.6 is 11.6 Å². The number of nitrogens with one attached hydrogen (secondary N) is 1. The van der Waals surface area contributed by atoms with Gasteiger partial charge in [0.15, 0.2) is 0 Å². The molecule has 8 aromatic heterocycles. The Hall–Kier alpha value is -13.0. The maximum Gasteiger partial charge on any atom is 0.410 e. The Labute approximate surface area is 898 Å². The molecule has 150 heavy (non-hydrogen) atoms. The van der Waals surface area contributed by atoms with Crippen LogP contribution < -0.4 is 16.7 Å². The van der Waals surface area contributed by atoms with Gasteiger partial charge in [-0.25, -0.2) is 19.4 Å². The van der Waals surface area contributed by atoms with Crippen molar-refractivity contribution in [1.82, 2.24) is 59.4 Å². The molecule has 5 fully saturated rings. The molecule has 0 radical (unpaired) electrons. The van der Waals surface area contributed by atoms with Crippen molar-refractivity contribution in [2.24, 2.45) is 5.73 Å². The number of likely N-dealkylation sites (tertiary alicyclic amines) is 4. The fraction of sp³-hybridized carbons (Fsp3) is 0.411. The predicted molar refractivity (Wildman–Crippen MR) is 633 cm³/mol. The molecule has 16 aromatic rings. The van der Waals surface area contributed by atoms with Gasteiger partial charge in [-0.1, -0.05) is 277 Å². The first-order valence-electron chi connectivity index (χ1n) is 52.6. The minimum absolute atomic E-state index is 0. The number of amides is 2. The third kappa shape index (κ3) is 32.8. The highest BCUT2D eigenvalue weighted by molar-refractivity contribution is 6.34. The summed E-state index contributed by atoms with van der Waals surface area (Å²) in [6, 6.07) is 82.6. The lowest BCUT2D eigenvalue weighted by Gasteiger charge is -2.33. The van der Waals surface area contributed by atoms with Crippen LogP contribution in [0.25, 0.3) is 91.9 Å². The van der Waals surface area contributed by atoms with Crippen LogP contribution in [-0.2, 0) is 9.47 Å². The van der Waals surface area contributed by atoms with Gasteiger partial charge in [-0.2, -0.15) is 0 Å². The lowest BCUT2D eigenvalue weighted by molar-refractivity contribution is 0.0202. The first kappa shape index (κ1) is 119. The van der Waals surface area contributed by atoms with Crippen molar-refractivity contribution in [3.8, 4) is 0 Å². The normalized spacial score (nSPS) is 15.5. The van der Waals surface area contributed by atoms with Crippen molar-refractivity contribution in [3.05, 3.63) is 342 Å². The predicted octanol–water partition coefficient (Wildman–Crippen LogP) is 31.6. The third-order valence-corrected chi connectivity index (χ3v) is 28.9. The Kier molecular flexibility index (Phi) is 46.8. The SMILES string of the molecule is C.C.C.C.C.C.CC(C)(C)OC(=O)N1CC=C(c2nccc3ccccc23)CC1.CC(C)(C)OC(=O)N1CCC(c2nccc3ccccc23)CC1.CCCCN1CCC(c2nccc3ccccc23)CC1.Clc1nccc2ccccc12.NCCCN1CCC(c2nccc3ccccc23)CC1.O=c1cc(NCCCN2CCC(c3nccc4ccccc34)CC2)c2ccccc2o1.c1ccc2c(C3CCCCC3)nccc2c1. The van der Waals surface area contributed by atoms with E-state index >= 15 is 0 Å². The zero-order valence-electron chi connectivity index (χ0n) is 85.2. The summed E-state index contributed by atoms with van der Waals surface area (Å²) < 4.78 is 16.2. The Morgan fingerprint density at radius 1 is 0.373 bits per heavy atom. The number of nitrogens with two attached hydrogens (primary N) is 1.